The summed E-state index contributed by atoms with van der Waals surface area (Å²) in [6, 6.07) is 2.01. The Labute approximate surface area is 114 Å². The third kappa shape index (κ3) is 3.61. The molecule has 0 atom stereocenters. The van der Waals surface area contributed by atoms with E-state index in [1.165, 1.54) is 0 Å². The molecule has 0 amide bonds. The van der Waals surface area contributed by atoms with Crippen molar-refractivity contribution in [3.8, 4) is 5.95 Å². The molecule has 2 heterocycles. The number of hydrogen-bond acceptors (Lipinski definition) is 4. The highest BCUT2D eigenvalue weighted by Gasteiger charge is 2.10. The molecule has 0 unspecified atom stereocenters. The largest absolute Gasteiger partial charge is 0.308 e. The van der Waals surface area contributed by atoms with Gasteiger partial charge in [0, 0.05) is 35.7 Å². The molecular formula is C14H21N5. The van der Waals surface area contributed by atoms with Crippen molar-refractivity contribution < 1.29 is 0 Å². The summed E-state index contributed by atoms with van der Waals surface area (Å²) in [5.74, 6) is 0.616. The summed E-state index contributed by atoms with van der Waals surface area (Å²) in [5.41, 5.74) is 3.17. The Kier molecular flexibility index (Phi) is 3.66. The fourth-order valence-electron chi connectivity index (χ4n) is 1.75. The normalized spacial score (nSPS) is 11.8. The standard InChI is InChI=1S/C14H21N5/c1-10-6-11(2)19(18-10)13-15-7-12(8-16-13)9-17-14(3,4)5/h6-8,17H,9H2,1-5H3. The van der Waals surface area contributed by atoms with Crippen LogP contribution in [0.15, 0.2) is 18.5 Å². The van der Waals surface area contributed by atoms with Crippen LogP contribution in [-0.2, 0) is 6.54 Å². The van der Waals surface area contributed by atoms with E-state index in [0.29, 0.717) is 5.95 Å². The van der Waals surface area contributed by atoms with Gasteiger partial charge in [-0.3, -0.25) is 0 Å². The number of nitrogens with zero attached hydrogens (tertiary/aromatic N) is 4. The number of nitrogens with one attached hydrogen (secondary N) is 1. The minimum absolute atomic E-state index is 0.0916. The van der Waals surface area contributed by atoms with Gasteiger partial charge in [0.15, 0.2) is 0 Å². The molecule has 2 aromatic heterocycles. The molecular weight excluding hydrogens is 238 g/mol. The van der Waals surface area contributed by atoms with Gasteiger partial charge in [0.2, 0.25) is 0 Å². The molecule has 0 fully saturated rings. The van der Waals surface area contributed by atoms with E-state index in [9.17, 15) is 0 Å². The summed E-state index contributed by atoms with van der Waals surface area (Å²) >= 11 is 0. The number of aryl methyl sites for hydroxylation is 2. The van der Waals surface area contributed by atoms with Gasteiger partial charge in [0.1, 0.15) is 0 Å². The van der Waals surface area contributed by atoms with Crippen LogP contribution in [0.1, 0.15) is 37.7 Å². The summed E-state index contributed by atoms with van der Waals surface area (Å²) in [7, 11) is 0. The quantitative estimate of drug-likeness (QED) is 0.917. The molecule has 102 valence electrons. The van der Waals surface area contributed by atoms with Gasteiger partial charge in [-0.05, 0) is 40.7 Å². The molecule has 0 saturated heterocycles. The first-order valence-electron chi connectivity index (χ1n) is 6.45. The monoisotopic (exact) mass is 259 g/mol. The van der Waals surface area contributed by atoms with Crippen LogP contribution in [0.25, 0.3) is 5.95 Å². The highest BCUT2D eigenvalue weighted by molar-refractivity contribution is 5.19. The van der Waals surface area contributed by atoms with Gasteiger partial charge in [0.05, 0.1) is 5.69 Å². The van der Waals surface area contributed by atoms with E-state index in [0.717, 1.165) is 23.5 Å². The second kappa shape index (κ2) is 5.09. The van der Waals surface area contributed by atoms with Crippen molar-refractivity contribution in [2.45, 2.75) is 46.7 Å². The highest BCUT2D eigenvalue weighted by atomic mass is 15.3. The average molecular weight is 259 g/mol. The Balaban J connectivity index is 2.12. The van der Waals surface area contributed by atoms with E-state index in [2.05, 4.69) is 41.2 Å². The Morgan fingerprint density at radius 2 is 1.79 bits per heavy atom. The number of aromatic nitrogens is 4. The SMILES string of the molecule is Cc1cc(C)n(-c2ncc(CNC(C)(C)C)cn2)n1. The second-order valence-corrected chi connectivity index (χ2v) is 5.83. The van der Waals surface area contributed by atoms with E-state index in [4.69, 9.17) is 0 Å². The molecule has 5 nitrogen and oxygen atoms in total. The fraction of sp³-hybridized carbons (Fsp3) is 0.500. The van der Waals surface area contributed by atoms with E-state index in [-0.39, 0.29) is 5.54 Å². The zero-order valence-electron chi connectivity index (χ0n) is 12.2. The van der Waals surface area contributed by atoms with E-state index >= 15 is 0 Å². The summed E-state index contributed by atoms with van der Waals surface area (Å²) < 4.78 is 1.76. The van der Waals surface area contributed by atoms with Crippen LogP contribution >= 0.6 is 0 Å². The van der Waals surface area contributed by atoms with Gasteiger partial charge >= 0.3 is 0 Å². The van der Waals surface area contributed by atoms with Crippen LogP contribution in [0.5, 0.6) is 0 Å². The van der Waals surface area contributed by atoms with Crippen LogP contribution in [0.4, 0.5) is 0 Å². The van der Waals surface area contributed by atoms with Crippen molar-refractivity contribution >= 4 is 0 Å². The molecule has 0 radical (unpaired) electrons. The van der Waals surface area contributed by atoms with Crippen molar-refractivity contribution in [3.05, 3.63) is 35.4 Å². The van der Waals surface area contributed by atoms with Crippen LogP contribution < -0.4 is 5.32 Å². The van der Waals surface area contributed by atoms with E-state index in [1.807, 2.05) is 32.3 Å². The molecule has 1 N–H and O–H groups in total. The lowest BCUT2D eigenvalue weighted by atomic mass is 10.1. The lowest BCUT2D eigenvalue weighted by Crippen LogP contribution is -2.35. The van der Waals surface area contributed by atoms with E-state index in [1.54, 1.807) is 4.68 Å². The molecule has 2 aromatic rings. The summed E-state index contributed by atoms with van der Waals surface area (Å²) in [5, 5.41) is 7.78. The van der Waals surface area contributed by atoms with Gasteiger partial charge in [-0.2, -0.15) is 5.10 Å². The molecule has 0 aliphatic heterocycles. The van der Waals surface area contributed by atoms with Crippen LogP contribution in [0.3, 0.4) is 0 Å². The van der Waals surface area contributed by atoms with Crippen molar-refractivity contribution in [3.63, 3.8) is 0 Å². The maximum atomic E-state index is 4.37. The summed E-state index contributed by atoms with van der Waals surface area (Å²) in [6.45, 7) is 11.1. The zero-order valence-corrected chi connectivity index (χ0v) is 12.2. The van der Waals surface area contributed by atoms with Crippen molar-refractivity contribution in [1.82, 2.24) is 25.1 Å². The van der Waals surface area contributed by atoms with Crippen LogP contribution in [0, 0.1) is 13.8 Å². The third-order valence-corrected chi connectivity index (χ3v) is 2.71. The minimum atomic E-state index is 0.0916. The van der Waals surface area contributed by atoms with E-state index < -0.39 is 0 Å². The van der Waals surface area contributed by atoms with Gasteiger partial charge in [-0.15, -0.1) is 0 Å². The smallest absolute Gasteiger partial charge is 0.250 e. The van der Waals surface area contributed by atoms with Crippen LogP contribution in [0.2, 0.25) is 0 Å². The van der Waals surface area contributed by atoms with Gasteiger partial charge < -0.3 is 5.32 Å². The molecule has 0 aromatic carbocycles. The third-order valence-electron chi connectivity index (χ3n) is 2.71. The Hall–Kier alpha value is -1.75. The number of rotatable bonds is 3. The molecule has 2 rings (SSSR count). The Bertz CT molecular complexity index is 548. The molecule has 0 bridgehead atoms. The molecule has 19 heavy (non-hydrogen) atoms. The summed E-state index contributed by atoms with van der Waals surface area (Å²) in [4.78, 5) is 8.75. The molecule has 0 spiro atoms. The molecule has 0 aliphatic carbocycles. The Morgan fingerprint density at radius 1 is 1.16 bits per heavy atom. The highest BCUT2D eigenvalue weighted by Crippen LogP contribution is 2.08. The lowest BCUT2D eigenvalue weighted by molar-refractivity contribution is 0.423. The Morgan fingerprint density at radius 3 is 2.26 bits per heavy atom. The van der Waals surface area contributed by atoms with Gasteiger partial charge in [-0.1, -0.05) is 0 Å². The zero-order chi connectivity index (χ0) is 14.0. The fourth-order valence-corrected chi connectivity index (χ4v) is 1.75. The molecule has 0 saturated carbocycles. The van der Waals surface area contributed by atoms with Crippen LogP contribution in [-0.4, -0.2) is 25.3 Å². The number of hydrogen-bond donors (Lipinski definition) is 1. The van der Waals surface area contributed by atoms with Crippen molar-refractivity contribution in [2.75, 3.05) is 0 Å². The maximum Gasteiger partial charge on any atom is 0.250 e. The molecule has 0 aliphatic rings. The second-order valence-electron chi connectivity index (χ2n) is 5.83. The minimum Gasteiger partial charge on any atom is -0.308 e. The summed E-state index contributed by atoms with van der Waals surface area (Å²) in [6.07, 6.45) is 3.69. The van der Waals surface area contributed by atoms with Gasteiger partial charge in [0.25, 0.3) is 5.95 Å². The van der Waals surface area contributed by atoms with Crippen molar-refractivity contribution in [2.24, 2.45) is 0 Å². The topological polar surface area (TPSA) is 55.6 Å². The maximum absolute atomic E-state index is 4.37. The first-order chi connectivity index (χ1) is 8.85. The average Bonchev–Trinajstić information content (AvgIpc) is 2.66. The first-order valence-corrected chi connectivity index (χ1v) is 6.45. The predicted octanol–water partition coefficient (Wildman–Crippen LogP) is 2.17. The predicted molar refractivity (Wildman–Crippen MR) is 75.2 cm³/mol. The first kappa shape index (κ1) is 13.7. The lowest BCUT2D eigenvalue weighted by Gasteiger charge is -2.20. The van der Waals surface area contributed by atoms with Crippen molar-refractivity contribution in [1.29, 1.82) is 0 Å². The molecule has 5 heteroatoms. The van der Waals surface area contributed by atoms with Gasteiger partial charge in [-0.25, -0.2) is 14.6 Å².